The van der Waals surface area contributed by atoms with Crippen LogP contribution in [0.5, 0.6) is 5.75 Å². The predicted octanol–water partition coefficient (Wildman–Crippen LogP) is 1.50. The van der Waals surface area contributed by atoms with E-state index in [4.69, 9.17) is 10.5 Å². The van der Waals surface area contributed by atoms with E-state index in [1.165, 1.54) is 0 Å². The molecule has 7 heteroatoms. The standard InChI is InChI=1S/C19H22N4O3/c1-19-11-14(13-5-2-3-6-15(13)26-19)16(17(20)24)18(25)23(19)9-4-8-22-10-7-21-12-22/h2-3,5-7,10,12,14,16H,4,8-9,11H2,1H3,(H2,20,24)/t14-,16+,19-/m0/s1. The van der Waals surface area contributed by atoms with Gasteiger partial charge >= 0.3 is 0 Å². The average Bonchev–Trinajstić information content (AvgIpc) is 3.10. The summed E-state index contributed by atoms with van der Waals surface area (Å²) in [6.45, 7) is 3.15. The van der Waals surface area contributed by atoms with Gasteiger partial charge in [-0.2, -0.15) is 0 Å². The Morgan fingerprint density at radius 2 is 2.19 bits per heavy atom. The lowest BCUT2D eigenvalue weighted by Gasteiger charge is -2.52. The lowest BCUT2D eigenvalue weighted by molar-refractivity contribution is -0.175. The Kier molecular flexibility index (Phi) is 3.94. The molecule has 2 amide bonds. The van der Waals surface area contributed by atoms with Crippen molar-refractivity contribution in [3.05, 3.63) is 48.5 Å². The summed E-state index contributed by atoms with van der Waals surface area (Å²) < 4.78 is 8.18. The number of hydrogen-bond donors (Lipinski definition) is 1. The van der Waals surface area contributed by atoms with E-state index in [1.807, 2.05) is 42.0 Å². The zero-order chi connectivity index (χ0) is 18.3. The minimum absolute atomic E-state index is 0.236. The highest BCUT2D eigenvalue weighted by Gasteiger charge is 2.55. The number of ether oxygens (including phenoxy) is 1. The SMILES string of the molecule is C[C@@]12C[C@@H](c3ccccc3O1)[C@H](C(N)=O)C(=O)N2CCCn1ccnc1. The molecule has 2 bridgehead atoms. The lowest BCUT2D eigenvalue weighted by Crippen LogP contribution is -2.64. The van der Waals surface area contributed by atoms with Crippen LogP contribution in [0, 0.1) is 5.92 Å². The number of hydrogen-bond acceptors (Lipinski definition) is 4. The molecule has 0 radical (unpaired) electrons. The van der Waals surface area contributed by atoms with Gasteiger partial charge in [-0.1, -0.05) is 18.2 Å². The first-order valence-electron chi connectivity index (χ1n) is 8.84. The molecule has 136 valence electrons. The highest BCUT2D eigenvalue weighted by Crippen LogP contribution is 2.49. The monoisotopic (exact) mass is 354 g/mol. The molecule has 1 aromatic carbocycles. The van der Waals surface area contributed by atoms with Crippen LogP contribution in [0.3, 0.4) is 0 Å². The summed E-state index contributed by atoms with van der Waals surface area (Å²) in [5.74, 6) is -1.17. The molecule has 4 rings (SSSR count). The number of imidazole rings is 1. The molecule has 1 saturated heterocycles. The van der Waals surface area contributed by atoms with Gasteiger partial charge in [-0.05, 0) is 25.0 Å². The molecule has 0 saturated carbocycles. The number of rotatable bonds is 5. The van der Waals surface area contributed by atoms with Crippen LogP contribution < -0.4 is 10.5 Å². The fourth-order valence-electron chi connectivity index (χ4n) is 4.21. The Morgan fingerprint density at radius 3 is 2.92 bits per heavy atom. The summed E-state index contributed by atoms with van der Waals surface area (Å²) in [4.78, 5) is 30.9. The second kappa shape index (κ2) is 6.16. The lowest BCUT2D eigenvalue weighted by atomic mass is 9.73. The number of fused-ring (bicyclic) bond motifs is 4. The van der Waals surface area contributed by atoms with E-state index in [0.717, 1.165) is 24.3 Å². The van der Waals surface area contributed by atoms with Gasteiger partial charge in [-0.3, -0.25) is 9.59 Å². The van der Waals surface area contributed by atoms with Gasteiger partial charge in [-0.25, -0.2) is 4.98 Å². The van der Waals surface area contributed by atoms with Gasteiger partial charge < -0.3 is 19.9 Å². The number of likely N-dealkylation sites (tertiary alicyclic amines) is 1. The Morgan fingerprint density at radius 1 is 1.38 bits per heavy atom. The number of aryl methyl sites for hydroxylation is 1. The first kappa shape index (κ1) is 16.6. The van der Waals surface area contributed by atoms with Crippen molar-refractivity contribution >= 4 is 11.8 Å². The summed E-state index contributed by atoms with van der Waals surface area (Å²) in [5.41, 5.74) is 5.74. The molecular weight excluding hydrogens is 332 g/mol. The van der Waals surface area contributed by atoms with Crippen molar-refractivity contribution < 1.29 is 14.3 Å². The van der Waals surface area contributed by atoms with E-state index in [-0.39, 0.29) is 11.8 Å². The van der Waals surface area contributed by atoms with Gasteiger partial charge in [-0.15, -0.1) is 0 Å². The summed E-state index contributed by atoms with van der Waals surface area (Å²) in [6.07, 6.45) is 6.65. The van der Waals surface area contributed by atoms with Crippen LogP contribution in [0.1, 0.15) is 31.2 Å². The van der Waals surface area contributed by atoms with Gasteiger partial charge in [0.05, 0.1) is 6.33 Å². The fourth-order valence-corrected chi connectivity index (χ4v) is 4.21. The molecule has 2 aliphatic rings. The van der Waals surface area contributed by atoms with Crippen molar-refractivity contribution in [1.82, 2.24) is 14.5 Å². The maximum absolute atomic E-state index is 13.1. The van der Waals surface area contributed by atoms with Crippen molar-refractivity contribution in [3.63, 3.8) is 0 Å². The second-order valence-corrected chi connectivity index (χ2v) is 7.15. The number of carbonyl (C=O) groups excluding carboxylic acids is 2. The van der Waals surface area contributed by atoms with E-state index in [1.54, 1.807) is 17.4 Å². The minimum atomic E-state index is -0.846. The normalized spacial score (nSPS) is 27.0. The van der Waals surface area contributed by atoms with E-state index >= 15 is 0 Å². The molecule has 2 aliphatic heterocycles. The molecule has 3 atom stereocenters. The minimum Gasteiger partial charge on any atom is -0.468 e. The number of amides is 2. The quantitative estimate of drug-likeness (QED) is 0.824. The largest absolute Gasteiger partial charge is 0.468 e. The maximum atomic E-state index is 13.1. The Balaban J connectivity index is 1.63. The van der Waals surface area contributed by atoms with E-state index in [0.29, 0.717) is 13.0 Å². The number of piperidine rings is 1. The first-order valence-corrected chi connectivity index (χ1v) is 8.84. The summed E-state index contributed by atoms with van der Waals surface area (Å²) in [6, 6.07) is 7.59. The number of benzene rings is 1. The van der Waals surface area contributed by atoms with Crippen LogP contribution in [0.15, 0.2) is 43.0 Å². The van der Waals surface area contributed by atoms with Gasteiger partial charge in [0.25, 0.3) is 0 Å². The van der Waals surface area contributed by atoms with E-state index in [9.17, 15) is 9.59 Å². The molecule has 0 spiro atoms. The topological polar surface area (TPSA) is 90.5 Å². The third kappa shape index (κ3) is 2.64. The average molecular weight is 354 g/mol. The molecule has 3 heterocycles. The van der Waals surface area contributed by atoms with Crippen molar-refractivity contribution in [2.75, 3.05) is 6.54 Å². The van der Waals surface area contributed by atoms with Gasteiger partial charge in [0.2, 0.25) is 11.8 Å². The molecule has 0 unspecified atom stereocenters. The Hall–Kier alpha value is -2.83. The molecule has 2 aromatic rings. The predicted molar refractivity (Wildman–Crippen MR) is 94.1 cm³/mol. The Bertz CT molecular complexity index is 835. The summed E-state index contributed by atoms with van der Waals surface area (Å²) in [5, 5.41) is 0. The molecule has 2 N–H and O–H groups in total. The van der Waals surface area contributed by atoms with E-state index in [2.05, 4.69) is 4.98 Å². The number of carbonyl (C=O) groups is 2. The Labute approximate surface area is 151 Å². The second-order valence-electron chi connectivity index (χ2n) is 7.15. The maximum Gasteiger partial charge on any atom is 0.238 e. The molecule has 0 aliphatic carbocycles. The third-order valence-electron chi connectivity index (χ3n) is 5.42. The van der Waals surface area contributed by atoms with Crippen molar-refractivity contribution in [1.29, 1.82) is 0 Å². The smallest absolute Gasteiger partial charge is 0.238 e. The first-order chi connectivity index (χ1) is 12.5. The van der Waals surface area contributed by atoms with Gasteiger partial charge in [0.15, 0.2) is 5.72 Å². The molecule has 1 aromatic heterocycles. The van der Waals surface area contributed by atoms with Crippen LogP contribution in [-0.4, -0.2) is 38.5 Å². The van der Waals surface area contributed by atoms with Gasteiger partial charge in [0, 0.05) is 37.8 Å². The van der Waals surface area contributed by atoms with Crippen LogP contribution in [0.2, 0.25) is 0 Å². The number of aromatic nitrogens is 2. The van der Waals surface area contributed by atoms with Crippen LogP contribution in [0.25, 0.3) is 0 Å². The zero-order valence-corrected chi connectivity index (χ0v) is 14.7. The number of nitrogens with two attached hydrogens (primary N) is 1. The fraction of sp³-hybridized carbons (Fsp3) is 0.421. The molecule has 26 heavy (non-hydrogen) atoms. The highest BCUT2D eigenvalue weighted by atomic mass is 16.5. The number of primary amides is 1. The van der Waals surface area contributed by atoms with Crippen LogP contribution >= 0.6 is 0 Å². The summed E-state index contributed by atoms with van der Waals surface area (Å²) in [7, 11) is 0. The highest BCUT2D eigenvalue weighted by molar-refractivity contribution is 6.01. The van der Waals surface area contributed by atoms with Crippen LogP contribution in [0.4, 0.5) is 0 Å². The number of para-hydroxylation sites is 1. The molecular formula is C19H22N4O3. The number of nitrogens with zero attached hydrogens (tertiary/aromatic N) is 3. The zero-order valence-electron chi connectivity index (χ0n) is 14.7. The van der Waals surface area contributed by atoms with Crippen LogP contribution in [-0.2, 0) is 16.1 Å². The molecule has 7 nitrogen and oxygen atoms in total. The van der Waals surface area contributed by atoms with Crippen molar-refractivity contribution in [3.8, 4) is 5.75 Å². The van der Waals surface area contributed by atoms with Crippen molar-refractivity contribution in [2.24, 2.45) is 11.7 Å². The summed E-state index contributed by atoms with van der Waals surface area (Å²) >= 11 is 0. The molecule has 1 fully saturated rings. The van der Waals surface area contributed by atoms with E-state index < -0.39 is 17.6 Å². The van der Waals surface area contributed by atoms with Gasteiger partial charge in [0.1, 0.15) is 11.7 Å². The van der Waals surface area contributed by atoms with Crippen molar-refractivity contribution in [2.45, 2.75) is 38.0 Å². The third-order valence-corrected chi connectivity index (χ3v) is 5.42.